The molecular weight excluding hydrogens is 192 g/mol. The van der Waals surface area contributed by atoms with Crippen molar-refractivity contribution in [1.29, 1.82) is 0 Å². The second-order valence-electron chi connectivity index (χ2n) is 4.71. The van der Waals surface area contributed by atoms with E-state index < -0.39 is 0 Å². The van der Waals surface area contributed by atoms with Gasteiger partial charge in [0.15, 0.2) is 0 Å². The van der Waals surface area contributed by atoms with Crippen LogP contribution in [0.5, 0.6) is 0 Å². The van der Waals surface area contributed by atoms with Crippen LogP contribution in [0.25, 0.3) is 0 Å². The number of nitrogens with one attached hydrogen (secondary N) is 1. The number of fused-ring (bicyclic) bond motifs is 2. The normalized spacial score (nSPS) is 39.7. The number of nitrogens with two attached hydrogens (primary N) is 1. The number of nitrogens with zero attached hydrogens (tertiary/aromatic N) is 4. The van der Waals surface area contributed by atoms with Crippen LogP contribution < -0.4 is 10.6 Å². The van der Waals surface area contributed by atoms with Crippen LogP contribution in [0.2, 0.25) is 0 Å². The average molecular weight is 208 g/mol. The molecule has 0 amide bonds. The molecule has 2 bridgehead atoms. The van der Waals surface area contributed by atoms with Crippen molar-refractivity contribution in [1.82, 2.24) is 20.6 Å². The maximum atomic E-state index is 6.18. The quantitative estimate of drug-likeness (QED) is 0.673. The van der Waals surface area contributed by atoms with Crippen molar-refractivity contribution in [2.75, 3.05) is 4.90 Å². The zero-order valence-corrected chi connectivity index (χ0v) is 8.80. The minimum absolute atomic E-state index is 0.247. The molecule has 2 saturated heterocycles. The van der Waals surface area contributed by atoms with E-state index in [0.29, 0.717) is 23.9 Å². The Balaban J connectivity index is 1.95. The molecule has 1 aromatic heterocycles. The van der Waals surface area contributed by atoms with Crippen LogP contribution in [0.15, 0.2) is 0 Å². The van der Waals surface area contributed by atoms with Gasteiger partial charge in [0, 0.05) is 18.1 Å². The third-order valence-electron chi connectivity index (χ3n) is 3.83. The molecule has 2 aliphatic heterocycles. The number of H-pyrrole nitrogens is 1. The highest BCUT2D eigenvalue weighted by Crippen LogP contribution is 2.39. The smallest absolute Gasteiger partial charge is 0.266 e. The fourth-order valence-corrected chi connectivity index (χ4v) is 3.15. The summed E-state index contributed by atoms with van der Waals surface area (Å²) in [4.78, 5) is 2.27. The van der Waals surface area contributed by atoms with Crippen molar-refractivity contribution in [2.45, 2.75) is 44.3 Å². The summed E-state index contributed by atoms with van der Waals surface area (Å²) >= 11 is 0. The molecule has 0 unspecified atom stereocenters. The van der Waals surface area contributed by atoms with Crippen LogP contribution in [0, 0.1) is 5.92 Å². The number of aromatic nitrogens is 4. The van der Waals surface area contributed by atoms with E-state index in [1.54, 1.807) is 0 Å². The Bertz CT molecular complexity index is 320. The molecule has 3 N–H and O–H groups in total. The molecule has 0 radical (unpaired) electrons. The van der Waals surface area contributed by atoms with E-state index in [1.807, 2.05) is 0 Å². The Morgan fingerprint density at radius 3 is 2.93 bits per heavy atom. The Morgan fingerprint density at radius 2 is 2.20 bits per heavy atom. The van der Waals surface area contributed by atoms with E-state index in [4.69, 9.17) is 5.73 Å². The highest BCUT2D eigenvalue weighted by molar-refractivity contribution is 5.36. The summed E-state index contributed by atoms with van der Waals surface area (Å²) in [5, 5.41) is 14.3. The lowest BCUT2D eigenvalue weighted by atomic mass is 9.89. The lowest BCUT2D eigenvalue weighted by Gasteiger charge is -2.41. The fraction of sp³-hybridized carbons (Fsp3) is 0.889. The molecule has 0 aliphatic carbocycles. The van der Waals surface area contributed by atoms with Crippen LogP contribution in [0.1, 0.15) is 26.2 Å². The second-order valence-corrected chi connectivity index (χ2v) is 4.71. The van der Waals surface area contributed by atoms with Gasteiger partial charge in [0.25, 0.3) is 5.95 Å². The van der Waals surface area contributed by atoms with E-state index >= 15 is 0 Å². The lowest BCUT2D eigenvalue weighted by molar-refractivity contribution is 0.318. The number of aromatic amines is 1. The lowest BCUT2D eigenvalue weighted by Crippen LogP contribution is -2.54. The summed E-state index contributed by atoms with van der Waals surface area (Å²) in [5.41, 5.74) is 6.18. The summed E-state index contributed by atoms with van der Waals surface area (Å²) in [7, 11) is 0. The van der Waals surface area contributed by atoms with E-state index in [0.717, 1.165) is 12.8 Å². The van der Waals surface area contributed by atoms with Crippen LogP contribution in [-0.2, 0) is 0 Å². The predicted molar refractivity (Wildman–Crippen MR) is 55.2 cm³/mol. The van der Waals surface area contributed by atoms with Crippen molar-refractivity contribution >= 4 is 5.95 Å². The molecule has 0 saturated carbocycles. The standard InChI is InChI=1S/C9H16N6/c1-5-4-6(10)8-3-2-7(5)15(8)9-11-13-14-12-9/h5-8H,2-4,10H2,1H3,(H,11,12,13,14)/t5-,6-,7+,8-/m0/s1. The van der Waals surface area contributed by atoms with Crippen LogP contribution >= 0.6 is 0 Å². The number of hydrogen-bond donors (Lipinski definition) is 2. The molecule has 2 aliphatic rings. The summed E-state index contributed by atoms with van der Waals surface area (Å²) in [6.45, 7) is 2.26. The van der Waals surface area contributed by atoms with Gasteiger partial charge in [-0.25, -0.2) is 0 Å². The monoisotopic (exact) mass is 208 g/mol. The van der Waals surface area contributed by atoms with Gasteiger partial charge in [-0.3, -0.25) is 0 Å². The predicted octanol–water partition coefficient (Wildman–Crippen LogP) is -0.0958. The molecule has 3 rings (SSSR count). The van der Waals surface area contributed by atoms with Gasteiger partial charge in [0.2, 0.25) is 0 Å². The minimum atomic E-state index is 0.247. The number of anilines is 1. The Hall–Kier alpha value is -1.17. The SMILES string of the molecule is C[C@H]1C[C@H](N)[C@@H]2CC[C@H]1N2c1nn[nH]n1. The van der Waals surface area contributed by atoms with E-state index in [9.17, 15) is 0 Å². The van der Waals surface area contributed by atoms with Gasteiger partial charge in [-0.1, -0.05) is 12.0 Å². The van der Waals surface area contributed by atoms with E-state index in [-0.39, 0.29) is 6.04 Å². The molecule has 2 fully saturated rings. The summed E-state index contributed by atoms with van der Waals surface area (Å²) in [6, 6.07) is 1.20. The second kappa shape index (κ2) is 3.16. The summed E-state index contributed by atoms with van der Waals surface area (Å²) < 4.78 is 0. The Morgan fingerprint density at radius 1 is 1.40 bits per heavy atom. The first-order valence-electron chi connectivity index (χ1n) is 5.54. The van der Waals surface area contributed by atoms with Crippen molar-refractivity contribution in [3.63, 3.8) is 0 Å². The molecule has 6 nitrogen and oxygen atoms in total. The van der Waals surface area contributed by atoms with Crippen molar-refractivity contribution in [3.05, 3.63) is 0 Å². The largest absolute Gasteiger partial charge is 0.330 e. The third-order valence-corrected chi connectivity index (χ3v) is 3.83. The maximum Gasteiger partial charge on any atom is 0.266 e. The van der Waals surface area contributed by atoms with Crippen molar-refractivity contribution < 1.29 is 0 Å². The van der Waals surface area contributed by atoms with Gasteiger partial charge in [-0.15, -0.1) is 5.10 Å². The zero-order valence-electron chi connectivity index (χ0n) is 8.80. The van der Waals surface area contributed by atoms with Crippen LogP contribution in [0.4, 0.5) is 5.95 Å². The highest BCUT2D eigenvalue weighted by Gasteiger charge is 2.46. The van der Waals surface area contributed by atoms with Gasteiger partial charge in [-0.2, -0.15) is 5.21 Å². The molecule has 3 heterocycles. The Labute approximate surface area is 88.2 Å². The first-order valence-corrected chi connectivity index (χ1v) is 5.54. The van der Waals surface area contributed by atoms with E-state index in [2.05, 4.69) is 32.4 Å². The summed E-state index contributed by atoms with van der Waals surface area (Å²) in [6.07, 6.45) is 3.47. The highest BCUT2D eigenvalue weighted by atomic mass is 15.5. The van der Waals surface area contributed by atoms with Crippen LogP contribution in [0.3, 0.4) is 0 Å². The molecule has 1 aromatic rings. The number of rotatable bonds is 1. The number of tetrazole rings is 1. The molecule has 82 valence electrons. The zero-order chi connectivity index (χ0) is 10.4. The van der Waals surface area contributed by atoms with Gasteiger partial charge in [-0.05, 0) is 30.4 Å². The number of piperidine rings is 1. The molecule has 0 spiro atoms. The van der Waals surface area contributed by atoms with Crippen molar-refractivity contribution in [2.24, 2.45) is 11.7 Å². The summed E-state index contributed by atoms with van der Waals surface area (Å²) in [5.74, 6) is 1.33. The molecule has 4 atom stereocenters. The first-order chi connectivity index (χ1) is 7.27. The molecule has 0 aromatic carbocycles. The van der Waals surface area contributed by atoms with Crippen molar-refractivity contribution in [3.8, 4) is 0 Å². The minimum Gasteiger partial charge on any atom is -0.330 e. The number of hydrogen-bond acceptors (Lipinski definition) is 5. The van der Waals surface area contributed by atoms with Gasteiger partial charge < -0.3 is 10.6 Å². The Kier molecular flexibility index (Phi) is 1.92. The van der Waals surface area contributed by atoms with Gasteiger partial charge >= 0.3 is 0 Å². The molecule has 6 heteroatoms. The fourth-order valence-electron chi connectivity index (χ4n) is 3.15. The average Bonchev–Trinajstić information content (AvgIpc) is 2.83. The van der Waals surface area contributed by atoms with E-state index in [1.165, 1.54) is 6.42 Å². The third kappa shape index (κ3) is 1.24. The molecular formula is C9H16N6. The van der Waals surface area contributed by atoms with Gasteiger partial charge in [0.1, 0.15) is 0 Å². The first kappa shape index (κ1) is 9.08. The maximum absolute atomic E-state index is 6.18. The van der Waals surface area contributed by atoms with Crippen LogP contribution in [-0.4, -0.2) is 38.7 Å². The molecule has 15 heavy (non-hydrogen) atoms. The van der Waals surface area contributed by atoms with Gasteiger partial charge in [0.05, 0.1) is 0 Å². The topological polar surface area (TPSA) is 83.7 Å².